The smallest absolute Gasteiger partial charge is 0.259 e. The topological polar surface area (TPSA) is 45.8 Å². The fourth-order valence-corrected chi connectivity index (χ4v) is 1.98. The second-order valence-corrected chi connectivity index (χ2v) is 4.52. The maximum Gasteiger partial charge on any atom is 0.259 e. The number of nitrogens with zero attached hydrogens (tertiary/aromatic N) is 1. The molecule has 1 aromatic heterocycles. The largest absolute Gasteiger partial charge is 0.306 e. The fourth-order valence-electron chi connectivity index (χ4n) is 1.86. The first-order chi connectivity index (χ1) is 9.13. The molecule has 0 saturated carbocycles. The second kappa shape index (κ2) is 4.48. The highest BCUT2D eigenvalue weighted by Gasteiger charge is 2.06. The zero-order valence-corrected chi connectivity index (χ0v) is 10.4. The predicted octanol–water partition coefficient (Wildman–Crippen LogP) is 3.38. The third kappa shape index (κ3) is 2.22. The van der Waals surface area contributed by atoms with Crippen molar-refractivity contribution in [3.63, 3.8) is 0 Å². The standard InChI is InChI=1S/C14H8ClFN2O/c15-9-3-1-8(2-4-9)13-17-12-7-10(16)5-6-11(12)14(19)18-13/h1-7H,(H,17,18,19). The van der Waals surface area contributed by atoms with Crippen LogP contribution in [-0.2, 0) is 0 Å². The van der Waals surface area contributed by atoms with Gasteiger partial charge in [-0.2, -0.15) is 0 Å². The second-order valence-electron chi connectivity index (χ2n) is 4.08. The Hall–Kier alpha value is -2.20. The molecule has 0 spiro atoms. The van der Waals surface area contributed by atoms with Crippen LogP contribution < -0.4 is 5.56 Å². The first-order valence-corrected chi connectivity index (χ1v) is 5.97. The van der Waals surface area contributed by atoms with Gasteiger partial charge in [0.1, 0.15) is 11.6 Å². The molecule has 0 atom stereocenters. The SMILES string of the molecule is O=c1[nH]c(-c2ccc(Cl)cc2)nc2cc(F)ccc12. The van der Waals surface area contributed by atoms with E-state index >= 15 is 0 Å². The molecule has 0 aliphatic heterocycles. The van der Waals surface area contributed by atoms with Gasteiger partial charge in [0.2, 0.25) is 0 Å². The number of nitrogens with one attached hydrogen (secondary N) is 1. The lowest BCUT2D eigenvalue weighted by molar-refractivity contribution is 0.629. The molecule has 3 aromatic rings. The Kier molecular flexibility index (Phi) is 2.80. The Morgan fingerprint density at radius 2 is 1.84 bits per heavy atom. The third-order valence-electron chi connectivity index (χ3n) is 2.79. The number of halogens is 2. The van der Waals surface area contributed by atoms with Gasteiger partial charge in [-0.15, -0.1) is 0 Å². The summed E-state index contributed by atoms with van der Waals surface area (Å²) in [6, 6.07) is 10.8. The summed E-state index contributed by atoms with van der Waals surface area (Å²) in [7, 11) is 0. The van der Waals surface area contributed by atoms with Crippen LogP contribution in [-0.4, -0.2) is 9.97 Å². The van der Waals surface area contributed by atoms with Gasteiger partial charge in [-0.05, 0) is 36.4 Å². The van der Waals surface area contributed by atoms with Gasteiger partial charge in [-0.25, -0.2) is 9.37 Å². The summed E-state index contributed by atoms with van der Waals surface area (Å²) >= 11 is 5.80. The molecule has 0 radical (unpaired) electrons. The van der Waals surface area contributed by atoms with Crippen LogP contribution in [0.1, 0.15) is 0 Å². The Balaban J connectivity index is 2.25. The van der Waals surface area contributed by atoms with E-state index in [0.717, 1.165) is 0 Å². The molecule has 0 aliphatic rings. The lowest BCUT2D eigenvalue weighted by atomic mass is 10.2. The van der Waals surface area contributed by atoms with Crippen LogP contribution in [0.2, 0.25) is 5.02 Å². The number of fused-ring (bicyclic) bond motifs is 1. The van der Waals surface area contributed by atoms with Crippen LogP contribution in [0.25, 0.3) is 22.3 Å². The predicted molar refractivity (Wildman–Crippen MR) is 72.8 cm³/mol. The molecule has 0 bridgehead atoms. The van der Waals surface area contributed by atoms with E-state index in [9.17, 15) is 9.18 Å². The van der Waals surface area contributed by atoms with Gasteiger partial charge in [0, 0.05) is 16.7 Å². The zero-order valence-electron chi connectivity index (χ0n) is 9.65. The third-order valence-corrected chi connectivity index (χ3v) is 3.04. The van der Waals surface area contributed by atoms with Crippen molar-refractivity contribution in [3.8, 4) is 11.4 Å². The van der Waals surface area contributed by atoms with Gasteiger partial charge in [0.25, 0.3) is 5.56 Å². The molecular formula is C14H8ClFN2O. The van der Waals surface area contributed by atoms with Crippen molar-refractivity contribution in [3.05, 3.63) is 63.7 Å². The minimum Gasteiger partial charge on any atom is -0.306 e. The Bertz CT molecular complexity index is 812. The van der Waals surface area contributed by atoms with Crippen LogP contribution in [0.4, 0.5) is 4.39 Å². The summed E-state index contributed by atoms with van der Waals surface area (Å²) in [5.41, 5.74) is 0.747. The Labute approximate surface area is 112 Å². The highest BCUT2D eigenvalue weighted by Crippen LogP contribution is 2.19. The van der Waals surface area contributed by atoms with Crippen molar-refractivity contribution in [1.29, 1.82) is 0 Å². The van der Waals surface area contributed by atoms with Crippen LogP contribution in [0.3, 0.4) is 0 Å². The Morgan fingerprint density at radius 1 is 1.11 bits per heavy atom. The minimum atomic E-state index is -0.423. The molecular weight excluding hydrogens is 267 g/mol. The summed E-state index contributed by atoms with van der Waals surface area (Å²) in [6.07, 6.45) is 0. The van der Waals surface area contributed by atoms with Crippen LogP contribution in [0.15, 0.2) is 47.3 Å². The van der Waals surface area contributed by atoms with E-state index in [1.165, 1.54) is 18.2 Å². The molecule has 94 valence electrons. The number of benzene rings is 2. The van der Waals surface area contributed by atoms with Crippen molar-refractivity contribution >= 4 is 22.5 Å². The summed E-state index contributed by atoms with van der Waals surface area (Å²) in [6.45, 7) is 0. The van der Waals surface area contributed by atoms with E-state index in [1.807, 2.05) is 0 Å². The molecule has 5 heteroatoms. The van der Waals surface area contributed by atoms with Gasteiger partial charge in [-0.3, -0.25) is 4.79 Å². The first kappa shape index (κ1) is 11.9. The lowest BCUT2D eigenvalue weighted by Gasteiger charge is -2.03. The number of rotatable bonds is 1. The number of H-pyrrole nitrogens is 1. The van der Waals surface area contributed by atoms with Gasteiger partial charge < -0.3 is 4.98 Å². The molecule has 3 rings (SSSR count). The van der Waals surface area contributed by atoms with Crippen molar-refractivity contribution in [2.24, 2.45) is 0 Å². The summed E-state index contributed by atoms with van der Waals surface area (Å²) < 4.78 is 13.2. The van der Waals surface area contributed by atoms with Crippen molar-refractivity contribution in [2.75, 3.05) is 0 Å². The summed E-state index contributed by atoms with van der Waals surface area (Å²) in [4.78, 5) is 18.8. The number of hydrogen-bond donors (Lipinski definition) is 1. The van der Waals surface area contributed by atoms with Gasteiger partial charge in [0.05, 0.1) is 10.9 Å². The van der Waals surface area contributed by atoms with Gasteiger partial charge in [0.15, 0.2) is 0 Å². The summed E-state index contributed by atoms with van der Waals surface area (Å²) in [5, 5.41) is 0.956. The molecule has 19 heavy (non-hydrogen) atoms. The molecule has 0 amide bonds. The highest BCUT2D eigenvalue weighted by molar-refractivity contribution is 6.30. The van der Waals surface area contributed by atoms with E-state index in [4.69, 9.17) is 11.6 Å². The lowest BCUT2D eigenvalue weighted by Crippen LogP contribution is -2.09. The first-order valence-electron chi connectivity index (χ1n) is 5.59. The number of aromatic amines is 1. The number of hydrogen-bond acceptors (Lipinski definition) is 2. The quantitative estimate of drug-likeness (QED) is 0.739. The van der Waals surface area contributed by atoms with Crippen LogP contribution >= 0.6 is 11.6 Å². The maximum atomic E-state index is 13.2. The highest BCUT2D eigenvalue weighted by atomic mass is 35.5. The maximum absolute atomic E-state index is 13.2. The molecule has 2 aromatic carbocycles. The average Bonchev–Trinajstić information content (AvgIpc) is 2.38. The van der Waals surface area contributed by atoms with E-state index in [-0.39, 0.29) is 5.56 Å². The monoisotopic (exact) mass is 274 g/mol. The molecule has 0 aliphatic carbocycles. The molecule has 1 heterocycles. The van der Waals surface area contributed by atoms with Crippen molar-refractivity contribution in [2.45, 2.75) is 0 Å². The molecule has 3 nitrogen and oxygen atoms in total. The van der Waals surface area contributed by atoms with Gasteiger partial charge in [-0.1, -0.05) is 11.6 Å². The van der Waals surface area contributed by atoms with Crippen molar-refractivity contribution in [1.82, 2.24) is 9.97 Å². The molecule has 0 fully saturated rings. The molecule has 0 unspecified atom stereocenters. The average molecular weight is 275 g/mol. The zero-order chi connectivity index (χ0) is 13.4. The Morgan fingerprint density at radius 3 is 2.58 bits per heavy atom. The van der Waals surface area contributed by atoms with Crippen molar-refractivity contribution < 1.29 is 4.39 Å². The fraction of sp³-hybridized carbons (Fsp3) is 0. The molecule has 0 saturated heterocycles. The van der Waals surface area contributed by atoms with Crippen LogP contribution in [0, 0.1) is 5.82 Å². The van der Waals surface area contributed by atoms with E-state index in [1.54, 1.807) is 24.3 Å². The number of aromatic nitrogens is 2. The van der Waals surface area contributed by atoms with E-state index < -0.39 is 5.82 Å². The van der Waals surface area contributed by atoms with Gasteiger partial charge >= 0.3 is 0 Å². The van der Waals surface area contributed by atoms with Crippen LogP contribution in [0.5, 0.6) is 0 Å². The van der Waals surface area contributed by atoms with E-state index in [2.05, 4.69) is 9.97 Å². The van der Waals surface area contributed by atoms with E-state index in [0.29, 0.717) is 27.3 Å². The normalized spacial score (nSPS) is 10.8. The molecule has 1 N–H and O–H groups in total. The minimum absolute atomic E-state index is 0.296. The summed E-state index contributed by atoms with van der Waals surface area (Å²) in [5.74, 6) is -0.0348.